The standard InChI is InChI=1S/C14H21Cl/c1-2-7-14(12-15)11-6-10-13-8-4-3-5-9-13/h3-5,8-9,14H,2,6-7,10-12H2,1H3. The predicted octanol–water partition coefficient (Wildman–Crippen LogP) is 4.66. The van der Waals surface area contributed by atoms with E-state index >= 15 is 0 Å². The van der Waals surface area contributed by atoms with E-state index in [0.717, 1.165) is 11.8 Å². The largest absolute Gasteiger partial charge is 0.126 e. The Balaban J connectivity index is 2.20. The van der Waals surface area contributed by atoms with Crippen LogP contribution in [0, 0.1) is 5.92 Å². The van der Waals surface area contributed by atoms with E-state index in [-0.39, 0.29) is 0 Å². The molecule has 0 nitrogen and oxygen atoms in total. The van der Waals surface area contributed by atoms with Crippen LogP contribution in [-0.4, -0.2) is 5.88 Å². The van der Waals surface area contributed by atoms with Crippen LogP contribution in [-0.2, 0) is 6.42 Å². The summed E-state index contributed by atoms with van der Waals surface area (Å²) in [6.07, 6.45) is 6.26. The lowest BCUT2D eigenvalue weighted by Crippen LogP contribution is -2.02. The quantitative estimate of drug-likeness (QED) is 0.591. The first-order valence-corrected chi connectivity index (χ1v) is 6.50. The van der Waals surface area contributed by atoms with Gasteiger partial charge in [-0.15, -0.1) is 11.6 Å². The van der Waals surface area contributed by atoms with Gasteiger partial charge in [0.05, 0.1) is 0 Å². The molecule has 0 amide bonds. The highest BCUT2D eigenvalue weighted by atomic mass is 35.5. The topological polar surface area (TPSA) is 0 Å². The molecule has 0 spiro atoms. The summed E-state index contributed by atoms with van der Waals surface area (Å²) in [6, 6.07) is 10.7. The van der Waals surface area contributed by atoms with Crippen molar-refractivity contribution in [3.05, 3.63) is 35.9 Å². The smallest absolute Gasteiger partial charge is 0.0251 e. The van der Waals surface area contributed by atoms with E-state index in [1.54, 1.807) is 0 Å². The molecule has 1 unspecified atom stereocenters. The molecule has 0 fully saturated rings. The Kier molecular flexibility index (Phi) is 6.50. The van der Waals surface area contributed by atoms with Crippen LogP contribution >= 0.6 is 11.6 Å². The van der Waals surface area contributed by atoms with E-state index in [1.807, 2.05) is 0 Å². The van der Waals surface area contributed by atoms with Crippen LogP contribution in [0.5, 0.6) is 0 Å². The maximum Gasteiger partial charge on any atom is 0.0251 e. The molecule has 0 aliphatic heterocycles. The monoisotopic (exact) mass is 224 g/mol. The van der Waals surface area contributed by atoms with Gasteiger partial charge < -0.3 is 0 Å². The van der Waals surface area contributed by atoms with Crippen molar-refractivity contribution in [2.24, 2.45) is 5.92 Å². The van der Waals surface area contributed by atoms with Crippen LogP contribution in [0.4, 0.5) is 0 Å². The molecule has 84 valence electrons. The Bertz CT molecular complexity index is 243. The normalized spacial score (nSPS) is 12.7. The second-order valence-electron chi connectivity index (χ2n) is 4.19. The average molecular weight is 225 g/mol. The third kappa shape index (κ3) is 5.22. The van der Waals surface area contributed by atoms with E-state index in [2.05, 4.69) is 37.3 Å². The highest BCUT2D eigenvalue weighted by Crippen LogP contribution is 2.16. The van der Waals surface area contributed by atoms with Crippen molar-refractivity contribution < 1.29 is 0 Å². The molecule has 1 aromatic rings. The predicted molar refractivity (Wildman–Crippen MR) is 68.5 cm³/mol. The van der Waals surface area contributed by atoms with Gasteiger partial charge in [0.2, 0.25) is 0 Å². The van der Waals surface area contributed by atoms with Crippen LogP contribution in [0.1, 0.15) is 38.2 Å². The molecule has 1 heteroatoms. The molecular formula is C14H21Cl. The van der Waals surface area contributed by atoms with Crippen LogP contribution < -0.4 is 0 Å². The lowest BCUT2D eigenvalue weighted by atomic mass is 9.97. The second-order valence-corrected chi connectivity index (χ2v) is 4.50. The second kappa shape index (κ2) is 7.76. The first-order valence-electron chi connectivity index (χ1n) is 5.96. The Labute approximate surface area is 98.7 Å². The summed E-state index contributed by atoms with van der Waals surface area (Å²) in [4.78, 5) is 0. The van der Waals surface area contributed by atoms with Gasteiger partial charge in [-0.05, 0) is 37.2 Å². The number of hydrogen-bond donors (Lipinski definition) is 0. The van der Waals surface area contributed by atoms with Gasteiger partial charge in [0.1, 0.15) is 0 Å². The van der Waals surface area contributed by atoms with Crippen molar-refractivity contribution in [2.75, 3.05) is 5.88 Å². The third-order valence-electron chi connectivity index (χ3n) is 2.84. The molecule has 0 radical (unpaired) electrons. The van der Waals surface area contributed by atoms with E-state index < -0.39 is 0 Å². The van der Waals surface area contributed by atoms with E-state index in [1.165, 1.54) is 37.7 Å². The molecule has 1 atom stereocenters. The fourth-order valence-electron chi connectivity index (χ4n) is 1.95. The first kappa shape index (κ1) is 12.6. The molecule has 0 saturated heterocycles. The molecule has 0 bridgehead atoms. The summed E-state index contributed by atoms with van der Waals surface area (Å²) in [5.41, 5.74) is 1.45. The van der Waals surface area contributed by atoms with E-state index in [9.17, 15) is 0 Å². The molecule has 0 aliphatic carbocycles. The minimum atomic E-state index is 0.723. The summed E-state index contributed by atoms with van der Waals surface area (Å²) >= 11 is 5.93. The van der Waals surface area contributed by atoms with Crippen LogP contribution in [0.2, 0.25) is 0 Å². The Morgan fingerprint density at radius 3 is 2.47 bits per heavy atom. The van der Waals surface area contributed by atoms with Crippen molar-refractivity contribution in [3.63, 3.8) is 0 Å². The summed E-state index contributed by atoms with van der Waals surface area (Å²) in [5, 5.41) is 0. The fraction of sp³-hybridized carbons (Fsp3) is 0.571. The highest BCUT2D eigenvalue weighted by Gasteiger charge is 2.05. The Hall–Kier alpha value is -0.490. The molecule has 1 rings (SSSR count). The maximum absolute atomic E-state index is 5.93. The van der Waals surface area contributed by atoms with Gasteiger partial charge in [-0.3, -0.25) is 0 Å². The van der Waals surface area contributed by atoms with Crippen molar-refractivity contribution in [2.45, 2.75) is 39.0 Å². The zero-order chi connectivity index (χ0) is 10.9. The van der Waals surface area contributed by atoms with Gasteiger partial charge in [-0.25, -0.2) is 0 Å². The van der Waals surface area contributed by atoms with Crippen LogP contribution in [0.25, 0.3) is 0 Å². The number of halogens is 1. The number of aryl methyl sites for hydroxylation is 1. The minimum absolute atomic E-state index is 0.723. The fourth-order valence-corrected chi connectivity index (χ4v) is 2.26. The molecule has 1 aromatic carbocycles. The van der Waals surface area contributed by atoms with Crippen molar-refractivity contribution >= 4 is 11.6 Å². The van der Waals surface area contributed by atoms with Gasteiger partial charge in [0.25, 0.3) is 0 Å². The summed E-state index contributed by atoms with van der Waals surface area (Å²) in [6.45, 7) is 2.23. The number of benzene rings is 1. The van der Waals surface area contributed by atoms with E-state index in [4.69, 9.17) is 11.6 Å². The van der Waals surface area contributed by atoms with E-state index in [0.29, 0.717) is 0 Å². The van der Waals surface area contributed by atoms with Gasteiger partial charge in [-0.1, -0.05) is 43.7 Å². The molecule has 15 heavy (non-hydrogen) atoms. The molecular weight excluding hydrogens is 204 g/mol. The molecule has 0 aromatic heterocycles. The lowest BCUT2D eigenvalue weighted by Gasteiger charge is -2.11. The maximum atomic E-state index is 5.93. The summed E-state index contributed by atoms with van der Waals surface area (Å²) in [5.74, 6) is 1.54. The Morgan fingerprint density at radius 2 is 1.87 bits per heavy atom. The number of hydrogen-bond acceptors (Lipinski definition) is 0. The van der Waals surface area contributed by atoms with Crippen LogP contribution in [0.15, 0.2) is 30.3 Å². The van der Waals surface area contributed by atoms with Gasteiger partial charge in [0, 0.05) is 5.88 Å². The van der Waals surface area contributed by atoms with Gasteiger partial charge in [0.15, 0.2) is 0 Å². The molecule has 0 N–H and O–H groups in total. The first-order chi connectivity index (χ1) is 7.36. The van der Waals surface area contributed by atoms with Crippen molar-refractivity contribution in [3.8, 4) is 0 Å². The average Bonchev–Trinajstić information content (AvgIpc) is 2.29. The van der Waals surface area contributed by atoms with Crippen molar-refractivity contribution in [1.29, 1.82) is 0 Å². The van der Waals surface area contributed by atoms with Crippen molar-refractivity contribution in [1.82, 2.24) is 0 Å². The molecule has 0 saturated carbocycles. The number of alkyl halides is 1. The van der Waals surface area contributed by atoms with Crippen LogP contribution in [0.3, 0.4) is 0 Å². The molecule has 0 heterocycles. The lowest BCUT2D eigenvalue weighted by molar-refractivity contribution is 0.474. The molecule has 0 aliphatic rings. The third-order valence-corrected chi connectivity index (χ3v) is 3.27. The van der Waals surface area contributed by atoms with Gasteiger partial charge in [-0.2, -0.15) is 0 Å². The zero-order valence-corrected chi connectivity index (χ0v) is 10.3. The Morgan fingerprint density at radius 1 is 1.13 bits per heavy atom. The summed E-state index contributed by atoms with van der Waals surface area (Å²) in [7, 11) is 0. The zero-order valence-electron chi connectivity index (χ0n) is 9.58. The minimum Gasteiger partial charge on any atom is -0.126 e. The van der Waals surface area contributed by atoms with Gasteiger partial charge >= 0.3 is 0 Å². The number of rotatable bonds is 7. The highest BCUT2D eigenvalue weighted by molar-refractivity contribution is 6.18. The SMILES string of the molecule is CCCC(CCl)CCCc1ccccc1. The summed E-state index contributed by atoms with van der Waals surface area (Å²) < 4.78 is 0.